The summed E-state index contributed by atoms with van der Waals surface area (Å²) in [5, 5.41) is 21.5. The minimum absolute atomic E-state index is 0.193. The van der Waals surface area contributed by atoms with Crippen molar-refractivity contribution in [3.63, 3.8) is 0 Å². The normalized spacial score (nSPS) is 14.6. The lowest BCUT2D eigenvalue weighted by atomic mass is 9.83. The van der Waals surface area contributed by atoms with E-state index >= 15 is 0 Å². The van der Waals surface area contributed by atoms with Crippen molar-refractivity contribution >= 4 is 0 Å². The predicted molar refractivity (Wildman–Crippen MR) is 60.5 cm³/mol. The highest BCUT2D eigenvalue weighted by molar-refractivity contribution is 4.78. The molecule has 1 atom stereocenters. The van der Waals surface area contributed by atoms with Crippen LogP contribution in [0.15, 0.2) is 0 Å². The largest absolute Gasteiger partial charge is 0.264 e. The van der Waals surface area contributed by atoms with Gasteiger partial charge in [-0.25, -0.2) is 0 Å². The number of nitrogens with zero attached hydrogens (tertiary/aromatic N) is 2. The van der Waals surface area contributed by atoms with Gasteiger partial charge in [0.25, 0.3) is 0 Å². The smallest absolute Gasteiger partial charge is 0.219 e. The van der Waals surface area contributed by atoms with E-state index in [1.807, 2.05) is 0 Å². The Labute approximate surface area is 95.3 Å². The Hall–Kier alpha value is -1.20. The molecule has 0 amide bonds. The van der Waals surface area contributed by atoms with Crippen molar-refractivity contribution in [2.45, 2.75) is 58.5 Å². The van der Waals surface area contributed by atoms with Crippen LogP contribution in [0.25, 0.3) is 0 Å². The second-order valence-electron chi connectivity index (χ2n) is 5.42. The lowest BCUT2D eigenvalue weighted by molar-refractivity contribution is -0.574. The van der Waals surface area contributed by atoms with Crippen molar-refractivity contribution in [2.24, 2.45) is 5.92 Å². The molecule has 0 aliphatic rings. The predicted octanol–water partition coefficient (Wildman–Crippen LogP) is 2.51. The summed E-state index contributed by atoms with van der Waals surface area (Å²) in [6, 6.07) is 0. The lowest BCUT2D eigenvalue weighted by Gasteiger charge is -2.25. The molecule has 0 spiro atoms. The Morgan fingerprint density at radius 2 is 1.50 bits per heavy atom. The van der Waals surface area contributed by atoms with E-state index < -0.39 is 11.1 Å². The Morgan fingerprint density at radius 3 is 1.81 bits per heavy atom. The van der Waals surface area contributed by atoms with Crippen LogP contribution in [0, 0.1) is 26.1 Å². The first-order chi connectivity index (χ1) is 7.01. The monoisotopic (exact) mass is 232 g/mol. The van der Waals surface area contributed by atoms with Gasteiger partial charge in [-0.3, -0.25) is 20.2 Å². The molecule has 0 aliphatic carbocycles. The van der Waals surface area contributed by atoms with Crippen molar-refractivity contribution in [3.8, 4) is 0 Å². The van der Waals surface area contributed by atoms with E-state index in [1.54, 1.807) is 34.6 Å². The first-order valence-electron chi connectivity index (χ1n) is 5.31. The van der Waals surface area contributed by atoms with Crippen molar-refractivity contribution in [2.75, 3.05) is 0 Å². The summed E-state index contributed by atoms with van der Waals surface area (Å²) in [5.74, 6) is -0.193. The summed E-state index contributed by atoms with van der Waals surface area (Å²) in [5.41, 5.74) is -2.05. The summed E-state index contributed by atoms with van der Waals surface area (Å²) in [7, 11) is 0. The molecule has 94 valence electrons. The van der Waals surface area contributed by atoms with Crippen LogP contribution in [0.1, 0.15) is 47.5 Å². The molecular weight excluding hydrogens is 212 g/mol. The Morgan fingerprint density at radius 1 is 1.06 bits per heavy atom. The zero-order valence-corrected chi connectivity index (χ0v) is 10.5. The van der Waals surface area contributed by atoms with E-state index in [0.29, 0.717) is 12.8 Å². The van der Waals surface area contributed by atoms with Gasteiger partial charge in [-0.1, -0.05) is 6.92 Å². The average Bonchev–Trinajstić information content (AvgIpc) is 2.13. The summed E-state index contributed by atoms with van der Waals surface area (Å²) in [6.45, 7) is 7.95. The van der Waals surface area contributed by atoms with Crippen LogP contribution in [0.5, 0.6) is 0 Å². The maximum atomic E-state index is 10.8. The van der Waals surface area contributed by atoms with E-state index in [0.717, 1.165) is 0 Å². The van der Waals surface area contributed by atoms with Crippen LogP contribution in [0.2, 0.25) is 0 Å². The number of hydrogen-bond acceptors (Lipinski definition) is 4. The first kappa shape index (κ1) is 14.8. The third kappa shape index (κ3) is 3.43. The van der Waals surface area contributed by atoms with Gasteiger partial charge < -0.3 is 0 Å². The van der Waals surface area contributed by atoms with Gasteiger partial charge in [-0.05, 0) is 6.42 Å². The Kier molecular flexibility index (Phi) is 4.40. The van der Waals surface area contributed by atoms with E-state index in [2.05, 4.69) is 0 Å². The zero-order chi connectivity index (χ0) is 13.1. The van der Waals surface area contributed by atoms with Gasteiger partial charge >= 0.3 is 0 Å². The molecule has 0 aromatic carbocycles. The highest BCUT2D eigenvalue weighted by Crippen LogP contribution is 2.28. The highest BCUT2D eigenvalue weighted by Gasteiger charge is 2.40. The molecule has 0 aliphatic heterocycles. The van der Waals surface area contributed by atoms with Gasteiger partial charge in [0.15, 0.2) is 0 Å². The zero-order valence-electron chi connectivity index (χ0n) is 10.5. The first-order valence-corrected chi connectivity index (χ1v) is 5.31. The van der Waals surface area contributed by atoms with Gasteiger partial charge in [0.2, 0.25) is 11.1 Å². The van der Waals surface area contributed by atoms with Gasteiger partial charge in [0.05, 0.1) is 0 Å². The minimum atomic E-state index is -1.04. The molecule has 0 saturated carbocycles. The average molecular weight is 232 g/mol. The summed E-state index contributed by atoms with van der Waals surface area (Å²) < 4.78 is 0. The van der Waals surface area contributed by atoms with Crippen LogP contribution >= 0.6 is 0 Å². The fourth-order valence-electron chi connectivity index (χ4n) is 1.19. The molecule has 0 radical (unpaired) electrons. The molecular formula is C10H20N2O4. The molecule has 0 N–H and O–H groups in total. The molecule has 6 nitrogen and oxygen atoms in total. The van der Waals surface area contributed by atoms with Crippen LogP contribution in [0.3, 0.4) is 0 Å². The SMILES string of the molecule is CC(CCC(C)(C)[N+](=O)[O-])C(C)(C)[N+](=O)[O-]. The molecule has 0 fully saturated rings. The summed E-state index contributed by atoms with van der Waals surface area (Å²) in [6.07, 6.45) is 0.820. The molecule has 0 heterocycles. The third-order valence-corrected chi connectivity index (χ3v) is 3.36. The fraction of sp³-hybridized carbons (Fsp3) is 1.00. The standard InChI is InChI=1S/C10H20N2O4/c1-8(10(4,5)12(15)16)6-7-9(2,3)11(13)14/h8H,6-7H2,1-5H3. The van der Waals surface area contributed by atoms with E-state index in [1.165, 1.54) is 0 Å². The van der Waals surface area contributed by atoms with Crippen LogP contribution < -0.4 is 0 Å². The molecule has 0 aromatic heterocycles. The van der Waals surface area contributed by atoms with E-state index in [-0.39, 0.29) is 15.8 Å². The van der Waals surface area contributed by atoms with Gasteiger partial charge in [-0.15, -0.1) is 0 Å². The van der Waals surface area contributed by atoms with Crippen molar-refractivity contribution in [1.29, 1.82) is 0 Å². The van der Waals surface area contributed by atoms with Crippen LogP contribution in [-0.4, -0.2) is 20.9 Å². The van der Waals surface area contributed by atoms with E-state index in [4.69, 9.17) is 0 Å². The lowest BCUT2D eigenvalue weighted by Crippen LogP contribution is -2.40. The summed E-state index contributed by atoms with van der Waals surface area (Å²) >= 11 is 0. The maximum absolute atomic E-state index is 10.8. The molecule has 0 saturated heterocycles. The van der Waals surface area contributed by atoms with Crippen molar-refractivity contribution in [1.82, 2.24) is 0 Å². The van der Waals surface area contributed by atoms with Crippen molar-refractivity contribution < 1.29 is 9.85 Å². The molecule has 0 aromatic rings. The number of nitro groups is 2. The third-order valence-electron chi connectivity index (χ3n) is 3.36. The Balaban J connectivity index is 4.44. The second-order valence-corrected chi connectivity index (χ2v) is 5.42. The molecule has 6 heteroatoms. The quantitative estimate of drug-likeness (QED) is 0.520. The summed E-state index contributed by atoms with van der Waals surface area (Å²) in [4.78, 5) is 20.8. The minimum Gasteiger partial charge on any atom is -0.264 e. The fourth-order valence-corrected chi connectivity index (χ4v) is 1.19. The van der Waals surface area contributed by atoms with Gasteiger partial charge in [0.1, 0.15) is 0 Å². The number of hydrogen-bond donors (Lipinski definition) is 0. The van der Waals surface area contributed by atoms with E-state index in [9.17, 15) is 20.2 Å². The maximum Gasteiger partial charge on any atom is 0.219 e. The Bertz CT molecular complexity index is 287. The van der Waals surface area contributed by atoms with Crippen LogP contribution in [0.4, 0.5) is 0 Å². The number of rotatable bonds is 6. The second kappa shape index (κ2) is 4.76. The van der Waals surface area contributed by atoms with Gasteiger partial charge in [-0.2, -0.15) is 0 Å². The molecule has 0 bridgehead atoms. The molecule has 0 rings (SSSR count). The molecule has 1 unspecified atom stereocenters. The topological polar surface area (TPSA) is 86.3 Å². The molecule has 16 heavy (non-hydrogen) atoms. The highest BCUT2D eigenvalue weighted by atomic mass is 16.6. The van der Waals surface area contributed by atoms with Crippen molar-refractivity contribution in [3.05, 3.63) is 20.2 Å². The van der Waals surface area contributed by atoms with Crippen LogP contribution in [-0.2, 0) is 0 Å². The van der Waals surface area contributed by atoms with Gasteiger partial charge in [0, 0.05) is 49.9 Å².